The van der Waals surface area contributed by atoms with E-state index < -0.39 is 0 Å². The van der Waals surface area contributed by atoms with Gasteiger partial charge < -0.3 is 9.47 Å². The molecule has 0 fully saturated rings. The second-order valence-electron chi connectivity index (χ2n) is 9.55. The van der Waals surface area contributed by atoms with Crippen LogP contribution < -0.4 is 0 Å². The lowest BCUT2D eigenvalue weighted by Gasteiger charge is -2.19. The highest BCUT2D eigenvalue weighted by atomic mass is 16.6. The van der Waals surface area contributed by atoms with E-state index in [1.165, 1.54) is 25.7 Å². The monoisotopic (exact) mass is 396 g/mol. The Morgan fingerprint density at radius 2 is 0.893 bits per heavy atom. The van der Waals surface area contributed by atoms with Crippen molar-refractivity contribution in [2.75, 3.05) is 0 Å². The summed E-state index contributed by atoms with van der Waals surface area (Å²) in [4.78, 5) is 23.2. The van der Waals surface area contributed by atoms with E-state index in [0.29, 0.717) is 12.8 Å². The minimum absolute atomic E-state index is 0.0799. The van der Waals surface area contributed by atoms with E-state index in [4.69, 9.17) is 9.47 Å². The zero-order valence-corrected chi connectivity index (χ0v) is 19.3. The molecule has 0 N–H and O–H groups in total. The third kappa shape index (κ3) is 21.0. The van der Waals surface area contributed by atoms with Crippen molar-refractivity contribution in [3.63, 3.8) is 0 Å². The molecule has 0 aliphatic rings. The molecule has 4 nitrogen and oxygen atoms in total. The first kappa shape index (κ1) is 26.7. The van der Waals surface area contributed by atoms with Crippen LogP contribution in [0.15, 0.2) is 12.2 Å². The Bertz CT molecular complexity index is 452. The zero-order chi connectivity index (χ0) is 21.5. The van der Waals surface area contributed by atoms with E-state index >= 15 is 0 Å². The number of esters is 2. The molecule has 164 valence electrons. The predicted octanol–water partition coefficient (Wildman–Crippen LogP) is 6.91. The molecule has 0 heterocycles. The predicted molar refractivity (Wildman–Crippen MR) is 116 cm³/mol. The quantitative estimate of drug-likeness (QED) is 0.182. The normalized spacial score (nSPS) is 12.4. The molecule has 0 unspecified atom stereocenters. The van der Waals surface area contributed by atoms with Crippen molar-refractivity contribution < 1.29 is 19.1 Å². The number of carbonyl (C=O) groups excluding carboxylic acids is 2. The third-order valence-electron chi connectivity index (χ3n) is 4.01. The van der Waals surface area contributed by atoms with Crippen LogP contribution in [-0.2, 0) is 19.1 Å². The Morgan fingerprint density at radius 1 is 0.571 bits per heavy atom. The molecule has 0 radical (unpaired) electrons. The third-order valence-corrected chi connectivity index (χ3v) is 4.01. The molecule has 0 aromatic heterocycles. The molecular weight excluding hydrogens is 352 g/mol. The summed E-state index contributed by atoms with van der Waals surface area (Å²) in [7, 11) is 0. The Morgan fingerprint density at radius 3 is 1.32 bits per heavy atom. The van der Waals surface area contributed by atoms with Crippen molar-refractivity contribution in [3.05, 3.63) is 12.2 Å². The van der Waals surface area contributed by atoms with Crippen molar-refractivity contribution in [2.24, 2.45) is 0 Å². The number of unbranched alkanes of at least 4 members (excludes halogenated alkanes) is 8. The molecule has 0 saturated carbocycles. The molecule has 0 aliphatic carbocycles. The van der Waals surface area contributed by atoms with Crippen LogP contribution in [0.2, 0.25) is 0 Å². The van der Waals surface area contributed by atoms with Crippen molar-refractivity contribution in [3.8, 4) is 0 Å². The first-order valence-electron chi connectivity index (χ1n) is 11.1. The van der Waals surface area contributed by atoms with Gasteiger partial charge in [0.2, 0.25) is 0 Å². The smallest absolute Gasteiger partial charge is 0.306 e. The van der Waals surface area contributed by atoms with Gasteiger partial charge in [-0.15, -0.1) is 0 Å². The summed E-state index contributed by atoms with van der Waals surface area (Å²) < 4.78 is 10.6. The Kier molecular flexibility index (Phi) is 14.0. The van der Waals surface area contributed by atoms with Gasteiger partial charge in [-0.1, -0.05) is 37.8 Å². The lowest BCUT2D eigenvalue weighted by Crippen LogP contribution is -2.23. The maximum absolute atomic E-state index is 11.6. The van der Waals surface area contributed by atoms with Crippen LogP contribution >= 0.6 is 0 Å². The van der Waals surface area contributed by atoms with E-state index in [1.807, 2.05) is 41.5 Å². The molecule has 0 bridgehead atoms. The SMILES string of the molecule is CC(C)(C)OC(=O)CCCC/C=C/CCCCCCCCC(=O)OC(C)(C)C. The fourth-order valence-electron chi connectivity index (χ4n) is 2.79. The van der Waals surface area contributed by atoms with Gasteiger partial charge in [-0.2, -0.15) is 0 Å². The van der Waals surface area contributed by atoms with Gasteiger partial charge >= 0.3 is 11.9 Å². The van der Waals surface area contributed by atoms with E-state index in [2.05, 4.69) is 12.2 Å². The molecule has 0 aliphatic heterocycles. The molecule has 0 saturated heterocycles. The van der Waals surface area contributed by atoms with Crippen LogP contribution in [-0.4, -0.2) is 23.1 Å². The Hall–Kier alpha value is -1.32. The van der Waals surface area contributed by atoms with Crippen LogP contribution in [0, 0.1) is 0 Å². The van der Waals surface area contributed by atoms with Gasteiger partial charge in [0.1, 0.15) is 11.2 Å². The standard InChI is InChI=1S/C24H44O4/c1-23(2,3)27-21(25)19-17-15-13-11-9-7-8-10-12-14-16-18-20-22(26)28-24(4,5)6/h9,11H,7-8,10,12-20H2,1-6H3/b11-9+. The highest BCUT2D eigenvalue weighted by Gasteiger charge is 2.16. The largest absolute Gasteiger partial charge is 0.460 e. The Labute approximate surface area is 173 Å². The molecular formula is C24H44O4. The summed E-state index contributed by atoms with van der Waals surface area (Å²) >= 11 is 0. The van der Waals surface area contributed by atoms with Crippen LogP contribution in [0.1, 0.15) is 119 Å². The number of carbonyl (C=O) groups is 2. The van der Waals surface area contributed by atoms with E-state index in [9.17, 15) is 9.59 Å². The van der Waals surface area contributed by atoms with Gasteiger partial charge in [0.15, 0.2) is 0 Å². The van der Waals surface area contributed by atoms with Crippen molar-refractivity contribution >= 4 is 11.9 Å². The van der Waals surface area contributed by atoms with Gasteiger partial charge in [0.05, 0.1) is 0 Å². The zero-order valence-electron chi connectivity index (χ0n) is 19.3. The first-order chi connectivity index (χ1) is 13.0. The molecule has 0 atom stereocenters. The summed E-state index contributed by atoms with van der Waals surface area (Å²) in [6, 6.07) is 0. The molecule has 4 heteroatoms. The van der Waals surface area contributed by atoms with Crippen LogP contribution in [0.5, 0.6) is 0 Å². The van der Waals surface area contributed by atoms with Gasteiger partial charge in [0, 0.05) is 12.8 Å². The first-order valence-corrected chi connectivity index (χ1v) is 11.1. The summed E-state index contributed by atoms with van der Waals surface area (Å²) in [5.41, 5.74) is -0.752. The number of ether oxygens (including phenoxy) is 2. The lowest BCUT2D eigenvalue weighted by molar-refractivity contribution is -0.156. The Balaban J connectivity index is 3.39. The summed E-state index contributed by atoms with van der Waals surface area (Å²) in [5, 5.41) is 0. The van der Waals surface area contributed by atoms with Crippen molar-refractivity contribution in [2.45, 2.75) is 130 Å². The number of hydrogen-bond donors (Lipinski definition) is 0. The second-order valence-corrected chi connectivity index (χ2v) is 9.55. The van der Waals surface area contributed by atoms with Crippen molar-refractivity contribution in [1.82, 2.24) is 0 Å². The average molecular weight is 397 g/mol. The maximum atomic E-state index is 11.6. The van der Waals surface area contributed by atoms with Gasteiger partial charge in [0.25, 0.3) is 0 Å². The molecule has 0 aromatic carbocycles. The molecule has 0 spiro atoms. The summed E-state index contributed by atoms with van der Waals surface area (Å²) in [5.74, 6) is -0.175. The van der Waals surface area contributed by atoms with E-state index in [-0.39, 0.29) is 23.1 Å². The molecule has 0 aromatic rings. The topological polar surface area (TPSA) is 52.6 Å². The van der Waals surface area contributed by atoms with Gasteiger partial charge in [-0.3, -0.25) is 9.59 Å². The van der Waals surface area contributed by atoms with Crippen LogP contribution in [0.25, 0.3) is 0 Å². The maximum Gasteiger partial charge on any atom is 0.306 e. The van der Waals surface area contributed by atoms with E-state index in [0.717, 1.165) is 38.5 Å². The summed E-state index contributed by atoms with van der Waals surface area (Å²) in [6.45, 7) is 11.4. The number of hydrogen-bond acceptors (Lipinski definition) is 4. The lowest BCUT2D eigenvalue weighted by atomic mass is 10.1. The minimum Gasteiger partial charge on any atom is -0.460 e. The fourth-order valence-corrected chi connectivity index (χ4v) is 2.79. The van der Waals surface area contributed by atoms with Gasteiger partial charge in [-0.25, -0.2) is 0 Å². The van der Waals surface area contributed by atoms with Crippen LogP contribution in [0.4, 0.5) is 0 Å². The molecule has 0 rings (SSSR count). The fraction of sp³-hybridized carbons (Fsp3) is 0.833. The number of rotatable bonds is 14. The minimum atomic E-state index is -0.380. The van der Waals surface area contributed by atoms with Crippen molar-refractivity contribution in [1.29, 1.82) is 0 Å². The number of allylic oxidation sites excluding steroid dienone is 2. The average Bonchev–Trinajstić information content (AvgIpc) is 2.51. The van der Waals surface area contributed by atoms with Crippen LogP contribution in [0.3, 0.4) is 0 Å². The van der Waals surface area contributed by atoms with E-state index in [1.54, 1.807) is 0 Å². The molecule has 0 amide bonds. The summed E-state index contributed by atoms with van der Waals surface area (Å²) in [6.07, 6.45) is 16.6. The second kappa shape index (κ2) is 14.6. The molecule has 28 heavy (non-hydrogen) atoms. The highest BCUT2D eigenvalue weighted by molar-refractivity contribution is 5.70. The highest BCUT2D eigenvalue weighted by Crippen LogP contribution is 2.13. The van der Waals surface area contributed by atoms with Gasteiger partial charge in [-0.05, 0) is 80.1 Å².